The fourth-order valence-electron chi connectivity index (χ4n) is 1.90. The van der Waals surface area contributed by atoms with Gasteiger partial charge >= 0.3 is 5.97 Å². The van der Waals surface area contributed by atoms with Gasteiger partial charge in [-0.05, 0) is 19.8 Å². The highest BCUT2D eigenvalue weighted by molar-refractivity contribution is 7.91. The maximum absolute atomic E-state index is 12.8. The van der Waals surface area contributed by atoms with Crippen molar-refractivity contribution in [3.05, 3.63) is 10.9 Å². The normalized spacial score (nSPS) is 12.4. The Labute approximate surface area is 129 Å². The molecule has 21 heavy (non-hydrogen) atoms. The summed E-state index contributed by atoms with van der Waals surface area (Å²) in [6.45, 7) is 7.80. The number of nitrogens with zero attached hydrogens (tertiary/aromatic N) is 1. The second kappa shape index (κ2) is 6.76. The van der Waals surface area contributed by atoms with Crippen molar-refractivity contribution in [3.63, 3.8) is 0 Å². The summed E-state index contributed by atoms with van der Waals surface area (Å²) in [5, 5.41) is 10.4. The maximum atomic E-state index is 12.8. The predicted octanol–water partition coefficient (Wildman–Crippen LogP) is 2.51. The molecule has 1 aromatic rings. The number of aromatic carboxylic acids is 1. The number of hydrogen-bond donors (Lipinski definition) is 1. The molecule has 0 unspecified atom stereocenters. The van der Waals surface area contributed by atoms with Crippen molar-refractivity contribution in [2.75, 3.05) is 13.7 Å². The number of methoxy groups -OCH3 is 1. The average molecular weight is 335 g/mol. The molecule has 120 valence electrons. The van der Waals surface area contributed by atoms with E-state index in [0.29, 0.717) is 6.54 Å². The van der Waals surface area contributed by atoms with E-state index in [4.69, 9.17) is 9.84 Å². The van der Waals surface area contributed by atoms with Gasteiger partial charge in [0, 0.05) is 18.0 Å². The third-order valence-corrected chi connectivity index (χ3v) is 6.33. The third kappa shape index (κ3) is 3.75. The Hall–Kier alpha value is -1.12. The van der Waals surface area contributed by atoms with Crippen LogP contribution < -0.4 is 4.74 Å². The molecule has 8 heteroatoms. The Balaban J connectivity index is 3.38. The summed E-state index contributed by atoms with van der Waals surface area (Å²) < 4.78 is 31.9. The molecule has 1 heterocycles. The Bertz CT molecular complexity index is 604. The van der Waals surface area contributed by atoms with Crippen LogP contribution in [0, 0.1) is 5.92 Å². The molecule has 0 amide bonds. The fourth-order valence-corrected chi connectivity index (χ4v) is 5.24. The van der Waals surface area contributed by atoms with Crippen molar-refractivity contribution in [2.24, 2.45) is 5.92 Å². The van der Waals surface area contributed by atoms with Crippen molar-refractivity contribution >= 4 is 27.3 Å². The first kappa shape index (κ1) is 17.9. The predicted molar refractivity (Wildman–Crippen MR) is 81.7 cm³/mol. The molecule has 0 spiro atoms. The Morgan fingerprint density at radius 3 is 2.33 bits per heavy atom. The summed E-state index contributed by atoms with van der Waals surface area (Å²) in [4.78, 5) is 11.1. The quantitative estimate of drug-likeness (QED) is 0.827. The molecule has 0 aliphatic heterocycles. The first-order valence-corrected chi connectivity index (χ1v) is 8.85. The number of hydrogen-bond acceptors (Lipinski definition) is 5. The molecular weight excluding hydrogens is 314 g/mol. The smallest absolute Gasteiger partial charge is 0.340 e. The summed E-state index contributed by atoms with van der Waals surface area (Å²) in [5.41, 5.74) is -0.130. The van der Waals surface area contributed by atoms with E-state index in [1.807, 2.05) is 13.8 Å². The summed E-state index contributed by atoms with van der Waals surface area (Å²) >= 11 is 0.873. The van der Waals surface area contributed by atoms with Crippen molar-refractivity contribution in [3.8, 4) is 5.75 Å². The first-order chi connectivity index (χ1) is 9.62. The lowest BCUT2D eigenvalue weighted by Gasteiger charge is -2.27. The standard InChI is InChI=1S/C13H21NO5S2/c1-8(2)6-14(9(3)4)21(17,18)13-11(19-5)10(7-20-13)12(15)16/h7-9H,6H2,1-5H3,(H,15,16). The van der Waals surface area contributed by atoms with E-state index in [-0.39, 0.29) is 27.5 Å². The van der Waals surface area contributed by atoms with Crippen molar-refractivity contribution < 1.29 is 23.1 Å². The van der Waals surface area contributed by atoms with Crippen LogP contribution >= 0.6 is 11.3 Å². The molecule has 0 aliphatic rings. The number of ether oxygens (including phenoxy) is 1. The number of sulfonamides is 1. The lowest BCUT2D eigenvalue weighted by Crippen LogP contribution is -2.39. The summed E-state index contributed by atoms with van der Waals surface area (Å²) in [5.74, 6) is -1.14. The van der Waals surface area contributed by atoms with Gasteiger partial charge in [0.05, 0.1) is 7.11 Å². The lowest BCUT2D eigenvalue weighted by molar-refractivity contribution is 0.0693. The van der Waals surface area contributed by atoms with Gasteiger partial charge in [-0.15, -0.1) is 11.3 Å². The van der Waals surface area contributed by atoms with E-state index in [9.17, 15) is 13.2 Å². The molecule has 0 aliphatic carbocycles. The minimum absolute atomic E-state index is 0.0586. The second-order valence-corrected chi connectivity index (χ2v) is 8.30. The van der Waals surface area contributed by atoms with Crippen LogP contribution in [-0.2, 0) is 10.0 Å². The SMILES string of the molecule is COc1c(C(=O)O)csc1S(=O)(=O)N(CC(C)C)C(C)C. The molecule has 0 saturated heterocycles. The van der Waals surface area contributed by atoms with Gasteiger partial charge in [-0.25, -0.2) is 13.2 Å². The Morgan fingerprint density at radius 2 is 1.95 bits per heavy atom. The third-order valence-electron chi connectivity index (χ3n) is 2.81. The molecule has 1 aromatic heterocycles. The van der Waals surface area contributed by atoms with Gasteiger partial charge in [0.2, 0.25) is 0 Å². The fraction of sp³-hybridized carbons (Fsp3) is 0.615. The van der Waals surface area contributed by atoms with Crippen molar-refractivity contribution in [1.82, 2.24) is 4.31 Å². The lowest BCUT2D eigenvalue weighted by atomic mass is 10.2. The van der Waals surface area contributed by atoms with Crippen LogP contribution in [0.3, 0.4) is 0 Å². The summed E-state index contributed by atoms with van der Waals surface area (Å²) in [7, 11) is -2.51. The molecule has 0 radical (unpaired) electrons. The van der Waals surface area contributed by atoms with E-state index in [2.05, 4.69) is 0 Å². The van der Waals surface area contributed by atoms with Gasteiger partial charge < -0.3 is 9.84 Å². The zero-order valence-corrected chi connectivity index (χ0v) is 14.4. The Kier molecular flexibility index (Phi) is 5.77. The molecule has 0 bridgehead atoms. The molecule has 1 N–H and O–H groups in total. The van der Waals surface area contributed by atoms with Crippen molar-refractivity contribution in [2.45, 2.75) is 37.9 Å². The largest absolute Gasteiger partial charge is 0.494 e. The van der Waals surface area contributed by atoms with E-state index < -0.39 is 16.0 Å². The van der Waals surface area contributed by atoms with Crippen molar-refractivity contribution in [1.29, 1.82) is 0 Å². The number of carboxylic acids is 1. The van der Waals surface area contributed by atoms with Crippen LogP contribution in [0.25, 0.3) is 0 Å². The highest BCUT2D eigenvalue weighted by atomic mass is 32.2. The molecule has 1 rings (SSSR count). The van der Waals surface area contributed by atoms with E-state index >= 15 is 0 Å². The van der Waals surface area contributed by atoms with Crippen LogP contribution in [0.1, 0.15) is 38.1 Å². The highest BCUT2D eigenvalue weighted by Crippen LogP contribution is 2.37. The minimum atomic E-state index is -3.79. The highest BCUT2D eigenvalue weighted by Gasteiger charge is 2.34. The Morgan fingerprint density at radius 1 is 1.38 bits per heavy atom. The van der Waals surface area contributed by atoms with Gasteiger partial charge in [0.25, 0.3) is 10.0 Å². The first-order valence-electron chi connectivity index (χ1n) is 6.53. The number of carboxylic acid groups (broad SMARTS) is 1. The van der Waals surface area contributed by atoms with Gasteiger partial charge in [-0.1, -0.05) is 13.8 Å². The molecule has 0 aromatic carbocycles. The molecule has 6 nitrogen and oxygen atoms in total. The van der Waals surface area contributed by atoms with Crippen LogP contribution in [0.15, 0.2) is 9.59 Å². The monoisotopic (exact) mass is 335 g/mol. The van der Waals surface area contributed by atoms with Gasteiger partial charge in [0.15, 0.2) is 9.96 Å². The molecule has 0 saturated carbocycles. The summed E-state index contributed by atoms with van der Waals surface area (Å²) in [6.07, 6.45) is 0. The van der Waals surface area contributed by atoms with Gasteiger partial charge in [0.1, 0.15) is 5.56 Å². The topological polar surface area (TPSA) is 83.9 Å². The number of carbonyl (C=O) groups is 1. The van der Waals surface area contributed by atoms with Gasteiger partial charge in [-0.2, -0.15) is 4.31 Å². The van der Waals surface area contributed by atoms with Crippen LogP contribution in [-0.4, -0.2) is 43.5 Å². The zero-order chi connectivity index (χ0) is 16.4. The average Bonchev–Trinajstić information content (AvgIpc) is 2.79. The maximum Gasteiger partial charge on any atom is 0.340 e. The second-order valence-electron chi connectivity index (χ2n) is 5.34. The minimum Gasteiger partial charge on any atom is -0.494 e. The van der Waals surface area contributed by atoms with Crippen LogP contribution in [0.2, 0.25) is 0 Å². The van der Waals surface area contributed by atoms with E-state index in [0.717, 1.165) is 11.3 Å². The molecule has 0 fully saturated rings. The molecular formula is C13H21NO5S2. The number of rotatable bonds is 7. The van der Waals surface area contributed by atoms with Gasteiger partial charge in [-0.3, -0.25) is 0 Å². The van der Waals surface area contributed by atoms with Crippen LogP contribution in [0.4, 0.5) is 0 Å². The van der Waals surface area contributed by atoms with E-state index in [1.54, 1.807) is 13.8 Å². The zero-order valence-electron chi connectivity index (χ0n) is 12.8. The van der Waals surface area contributed by atoms with Crippen LogP contribution in [0.5, 0.6) is 5.75 Å². The number of thiophene rings is 1. The van der Waals surface area contributed by atoms with E-state index in [1.165, 1.54) is 16.8 Å². The molecule has 0 atom stereocenters. The summed E-state index contributed by atoms with van der Waals surface area (Å²) in [6, 6.07) is -0.225.